The van der Waals surface area contributed by atoms with E-state index in [0.29, 0.717) is 21.5 Å². The van der Waals surface area contributed by atoms with E-state index in [2.05, 4.69) is 30.6 Å². The molecule has 26 heavy (non-hydrogen) atoms. The number of nitrogen functional groups attached to an aromatic ring is 2. The number of carbonyl (C=O) groups excluding carboxylic acids is 1. The number of benzene rings is 1. The van der Waals surface area contributed by atoms with Crippen LogP contribution in [0.3, 0.4) is 0 Å². The second-order valence-electron chi connectivity index (χ2n) is 5.08. The van der Waals surface area contributed by atoms with Crippen molar-refractivity contribution in [1.29, 1.82) is 5.26 Å². The van der Waals surface area contributed by atoms with E-state index >= 15 is 0 Å². The van der Waals surface area contributed by atoms with Crippen LogP contribution in [0, 0.1) is 11.3 Å². The quantitative estimate of drug-likeness (QED) is 0.690. The average molecular weight is 422 g/mol. The highest BCUT2D eigenvalue weighted by molar-refractivity contribution is 9.10. The summed E-state index contributed by atoms with van der Waals surface area (Å²) in [6, 6.07) is 5.19. The summed E-state index contributed by atoms with van der Waals surface area (Å²) in [5, 5.41) is 9.34. The molecule has 0 aliphatic heterocycles. The maximum absolute atomic E-state index is 11.6. The third-order valence-corrected chi connectivity index (χ3v) is 3.99. The molecule has 0 radical (unpaired) electrons. The lowest BCUT2D eigenvalue weighted by Gasteiger charge is -2.18. The highest BCUT2D eigenvalue weighted by Crippen LogP contribution is 2.41. The Balaban J connectivity index is 2.57. The predicted molar refractivity (Wildman–Crippen MR) is 97.4 cm³/mol. The molecule has 0 spiro atoms. The Morgan fingerprint density at radius 1 is 1.31 bits per heavy atom. The monoisotopic (exact) mass is 421 g/mol. The lowest BCUT2D eigenvalue weighted by Crippen LogP contribution is -2.25. The Labute approximate surface area is 158 Å². The van der Waals surface area contributed by atoms with E-state index in [9.17, 15) is 10.1 Å². The van der Waals surface area contributed by atoms with Gasteiger partial charge in [-0.05, 0) is 35.0 Å². The van der Waals surface area contributed by atoms with E-state index in [4.69, 9.17) is 20.9 Å². The van der Waals surface area contributed by atoms with Crippen LogP contribution in [0.4, 0.5) is 11.8 Å². The lowest BCUT2D eigenvalue weighted by atomic mass is 10.1. The largest absolute Gasteiger partial charge is 0.493 e. The van der Waals surface area contributed by atoms with E-state index < -0.39 is 12.1 Å². The molecule has 9 nitrogen and oxygen atoms in total. The molecule has 10 heteroatoms. The summed E-state index contributed by atoms with van der Waals surface area (Å²) in [7, 11) is 2.71. The summed E-state index contributed by atoms with van der Waals surface area (Å²) in [6.45, 7) is 1.55. The van der Waals surface area contributed by atoms with E-state index in [-0.39, 0.29) is 23.0 Å². The van der Waals surface area contributed by atoms with Crippen LogP contribution in [-0.2, 0) is 9.53 Å². The first kappa shape index (κ1) is 19.3. The molecule has 2 rings (SSSR count). The van der Waals surface area contributed by atoms with Crippen LogP contribution in [0.15, 0.2) is 16.6 Å². The van der Waals surface area contributed by atoms with Crippen LogP contribution in [0.2, 0.25) is 0 Å². The molecule has 1 atom stereocenters. The van der Waals surface area contributed by atoms with Crippen LogP contribution >= 0.6 is 15.9 Å². The van der Waals surface area contributed by atoms with Gasteiger partial charge in [-0.15, -0.1) is 0 Å². The topological polar surface area (TPSA) is 146 Å². The fourth-order valence-electron chi connectivity index (χ4n) is 2.18. The number of aromatic nitrogens is 2. The molecule has 0 fully saturated rings. The highest BCUT2D eigenvalue weighted by atomic mass is 79.9. The number of halogens is 1. The number of anilines is 2. The molecular weight excluding hydrogens is 406 g/mol. The number of hydrogen-bond donors (Lipinski definition) is 2. The fraction of sp³-hybridized carbons (Fsp3) is 0.250. The Kier molecular flexibility index (Phi) is 5.84. The van der Waals surface area contributed by atoms with Crippen molar-refractivity contribution >= 4 is 33.7 Å². The van der Waals surface area contributed by atoms with Gasteiger partial charge in [0, 0.05) is 5.56 Å². The minimum atomic E-state index is -0.851. The van der Waals surface area contributed by atoms with Crippen LogP contribution < -0.4 is 20.9 Å². The Hall–Kier alpha value is -3.06. The molecule has 0 saturated heterocycles. The summed E-state index contributed by atoms with van der Waals surface area (Å²) in [6.07, 6.45) is -0.851. The molecule has 0 aliphatic rings. The number of nitrogens with zero attached hydrogens (tertiary/aromatic N) is 3. The van der Waals surface area contributed by atoms with Crippen molar-refractivity contribution in [3.05, 3.63) is 22.2 Å². The minimum Gasteiger partial charge on any atom is -0.493 e. The summed E-state index contributed by atoms with van der Waals surface area (Å²) in [4.78, 5) is 19.5. The molecule has 2 aromatic rings. The Morgan fingerprint density at radius 3 is 2.58 bits per heavy atom. The van der Waals surface area contributed by atoms with Crippen molar-refractivity contribution in [3.63, 3.8) is 0 Å². The summed E-state index contributed by atoms with van der Waals surface area (Å²) in [5.41, 5.74) is 12.2. The molecule has 0 saturated carbocycles. The predicted octanol–water partition coefficient (Wildman–Crippen LogP) is 1.89. The fourth-order valence-corrected chi connectivity index (χ4v) is 2.71. The van der Waals surface area contributed by atoms with Gasteiger partial charge in [-0.25, -0.2) is 9.78 Å². The zero-order valence-corrected chi connectivity index (χ0v) is 15.8. The number of esters is 1. The Morgan fingerprint density at radius 2 is 2.00 bits per heavy atom. The zero-order valence-electron chi connectivity index (χ0n) is 14.2. The molecule has 0 amide bonds. The van der Waals surface area contributed by atoms with E-state index in [1.807, 2.05) is 6.07 Å². The van der Waals surface area contributed by atoms with E-state index in [0.717, 1.165) is 0 Å². The summed E-state index contributed by atoms with van der Waals surface area (Å²) >= 11 is 3.37. The van der Waals surface area contributed by atoms with E-state index in [1.165, 1.54) is 14.2 Å². The average Bonchev–Trinajstić information content (AvgIpc) is 2.61. The smallest absolute Gasteiger partial charge is 0.346 e. The molecule has 4 N–H and O–H groups in total. The number of carbonyl (C=O) groups is 1. The highest BCUT2D eigenvalue weighted by Gasteiger charge is 2.22. The maximum atomic E-state index is 11.6. The number of rotatable bonds is 5. The van der Waals surface area contributed by atoms with Gasteiger partial charge in [0.2, 0.25) is 5.95 Å². The molecule has 1 aromatic carbocycles. The van der Waals surface area contributed by atoms with Crippen molar-refractivity contribution in [1.82, 2.24) is 9.97 Å². The van der Waals surface area contributed by atoms with Crippen molar-refractivity contribution in [2.75, 3.05) is 25.7 Å². The molecule has 0 bridgehead atoms. The first-order valence-electron chi connectivity index (χ1n) is 7.27. The van der Waals surface area contributed by atoms with Gasteiger partial charge in [0.15, 0.2) is 17.6 Å². The molecule has 136 valence electrons. The molecule has 1 heterocycles. The molecule has 1 aromatic heterocycles. The first-order valence-corrected chi connectivity index (χ1v) is 8.07. The number of hydrogen-bond acceptors (Lipinski definition) is 9. The van der Waals surface area contributed by atoms with Crippen LogP contribution in [0.5, 0.6) is 11.5 Å². The second kappa shape index (κ2) is 7.88. The van der Waals surface area contributed by atoms with Crippen molar-refractivity contribution in [3.8, 4) is 28.8 Å². The van der Waals surface area contributed by atoms with Gasteiger partial charge >= 0.3 is 5.97 Å². The van der Waals surface area contributed by atoms with Gasteiger partial charge in [0.1, 0.15) is 17.5 Å². The van der Waals surface area contributed by atoms with E-state index in [1.54, 1.807) is 19.1 Å². The van der Waals surface area contributed by atoms with Gasteiger partial charge in [0.05, 0.1) is 24.4 Å². The molecule has 1 unspecified atom stereocenters. The third kappa shape index (κ3) is 3.78. The molecular formula is C16H16BrN5O4. The normalized spacial score (nSPS) is 11.3. The first-order chi connectivity index (χ1) is 12.3. The van der Waals surface area contributed by atoms with Gasteiger partial charge in [-0.2, -0.15) is 10.2 Å². The van der Waals surface area contributed by atoms with Crippen LogP contribution in [0.1, 0.15) is 12.5 Å². The maximum Gasteiger partial charge on any atom is 0.346 e. The summed E-state index contributed by atoms with van der Waals surface area (Å²) in [5.74, 6) is -0.0190. The van der Waals surface area contributed by atoms with Crippen LogP contribution in [0.25, 0.3) is 11.3 Å². The number of nitrogens with two attached hydrogens (primary N) is 2. The Bertz CT molecular complexity index is 897. The van der Waals surface area contributed by atoms with Gasteiger partial charge in [-0.1, -0.05) is 0 Å². The standard InChI is InChI=1S/C16H16BrN5O4/c1-7(15(23)25-3)26-13-10(17)4-8(5-11(13)24-2)12-9(6-18)14(19)22-16(20)21-12/h4-5,7H,1-3H3,(H4,19,20,21,22). The summed E-state index contributed by atoms with van der Waals surface area (Å²) < 4.78 is 16.1. The lowest BCUT2D eigenvalue weighted by molar-refractivity contribution is -0.147. The zero-order chi connectivity index (χ0) is 19.4. The van der Waals surface area contributed by atoms with Crippen molar-refractivity contribution in [2.24, 2.45) is 0 Å². The SMILES string of the molecule is COC(=O)C(C)Oc1c(Br)cc(-c2nc(N)nc(N)c2C#N)cc1OC. The molecule has 0 aliphatic carbocycles. The number of ether oxygens (including phenoxy) is 3. The van der Waals surface area contributed by atoms with Crippen LogP contribution in [-0.4, -0.2) is 36.3 Å². The van der Waals surface area contributed by atoms with Crippen molar-refractivity contribution in [2.45, 2.75) is 13.0 Å². The van der Waals surface area contributed by atoms with Gasteiger partial charge in [0.25, 0.3) is 0 Å². The third-order valence-electron chi connectivity index (χ3n) is 3.40. The van der Waals surface area contributed by atoms with Gasteiger partial charge < -0.3 is 25.7 Å². The second-order valence-corrected chi connectivity index (χ2v) is 5.93. The van der Waals surface area contributed by atoms with Gasteiger partial charge in [-0.3, -0.25) is 0 Å². The number of methoxy groups -OCH3 is 2. The number of nitriles is 1. The van der Waals surface area contributed by atoms with Crippen molar-refractivity contribution < 1.29 is 19.0 Å². The minimum absolute atomic E-state index is 0.0234.